The van der Waals surface area contributed by atoms with Gasteiger partial charge in [-0.2, -0.15) is 0 Å². The molecule has 98 valence electrons. The fourth-order valence-electron chi connectivity index (χ4n) is 1.97. The summed E-state index contributed by atoms with van der Waals surface area (Å²) in [6, 6.07) is 9.12. The molecule has 3 heteroatoms. The number of hydrogen-bond acceptors (Lipinski definition) is 2. The number of aldehydes is 1. The molecule has 0 aliphatic rings. The first-order chi connectivity index (χ1) is 9.01. The monoisotopic (exact) mass is 274 g/mol. The SMILES string of the molecule is Cc1ccc(C=O)cc1Oc1c(C)cc(Cl)cc1C. The highest BCUT2D eigenvalue weighted by atomic mass is 35.5. The van der Waals surface area contributed by atoms with E-state index >= 15 is 0 Å². The Bertz CT molecular complexity index is 610. The minimum atomic E-state index is 0.602. The molecule has 0 saturated heterocycles. The first-order valence-corrected chi connectivity index (χ1v) is 6.39. The lowest BCUT2D eigenvalue weighted by atomic mass is 10.1. The van der Waals surface area contributed by atoms with Gasteiger partial charge in [0.2, 0.25) is 0 Å². The molecule has 0 saturated carbocycles. The average Bonchev–Trinajstić information content (AvgIpc) is 2.35. The Morgan fingerprint density at radius 2 is 1.63 bits per heavy atom. The van der Waals surface area contributed by atoms with E-state index in [0.717, 1.165) is 28.7 Å². The molecule has 0 aliphatic carbocycles. The standard InChI is InChI=1S/C16H15ClO2/c1-10-4-5-13(9-18)8-15(10)19-16-11(2)6-14(17)7-12(16)3/h4-9H,1-3H3. The molecule has 19 heavy (non-hydrogen) atoms. The molecular weight excluding hydrogens is 260 g/mol. The van der Waals surface area contributed by atoms with Gasteiger partial charge in [-0.05, 0) is 55.7 Å². The average molecular weight is 275 g/mol. The van der Waals surface area contributed by atoms with Gasteiger partial charge in [-0.25, -0.2) is 0 Å². The van der Waals surface area contributed by atoms with Crippen molar-refractivity contribution >= 4 is 17.9 Å². The molecular formula is C16H15ClO2. The van der Waals surface area contributed by atoms with E-state index in [1.54, 1.807) is 12.1 Å². The summed E-state index contributed by atoms with van der Waals surface area (Å²) in [5.74, 6) is 1.48. The smallest absolute Gasteiger partial charge is 0.150 e. The Morgan fingerprint density at radius 1 is 1.00 bits per heavy atom. The fourth-order valence-corrected chi connectivity index (χ4v) is 2.30. The highest BCUT2D eigenvalue weighted by Gasteiger charge is 2.09. The normalized spacial score (nSPS) is 10.3. The molecule has 0 N–H and O–H groups in total. The van der Waals surface area contributed by atoms with E-state index in [9.17, 15) is 4.79 Å². The summed E-state index contributed by atoms with van der Waals surface area (Å²) in [4.78, 5) is 10.8. The van der Waals surface area contributed by atoms with Gasteiger partial charge in [-0.1, -0.05) is 23.7 Å². The maximum absolute atomic E-state index is 10.8. The Labute approximate surface area is 118 Å². The van der Waals surface area contributed by atoms with Crippen LogP contribution in [0, 0.1) is 20.8 Å². The Balaban J connectivity index is 2.44. The summed E-state index contributed by atoms with van der Waals surface area (Å²) in [5, 5.41) is 0.695. The van der Waals surface area contributed by atoms with Crippen LogP contribution in [-0.2, 0) is 0 Å². The van der Waals surface area contributed by atoms with E-state index in [1.807, 2.05) is 39.0 Å². The molecule has 0 amide bonds. The van der Waals surface area contributed by atoms with Gasteiger partial charge in [0.25, 0.3) is 0 Å². The lowest BCUT2D eigenvalue weighted by Crippen LogP contribution is -1.94. The maximum atomic E-state index is 10.8. The van der Waals surface area contributed by atoms with Crippen LogP contribution in [0.2, 0.25) is 5.02 Å². The Kier molecular flexibility index (Phi) is 3.91. The van der Waals surface area contributed by atoms with Crippen molar-refractivity contribution in [3.05, 3.63) is 57.6 Å². The molecule has 0 spiro atoms. The number of hydrogen-bond donors (Lipinski definition) is 0. The highest BCUT2D eigenvalue weighted by molar-refractivity contribution is 6.30. The van der Waals surface area contributed by atoms with Gasteiger partial charge in [0.05, 0.1) is 0 Å². The quantitative estimate of drug-likeness (QED) is 0.747. The van der Waals surface area contributed by atoms with Crippen molar-refractivity contribution in [2.24, 2.45) is 0 Å². The first kappa shape index (κ1) is 13.6. The lowest BCUT2D eigenvalue weighted by molar-refractivity contribution is 0.112. The van der Waals surface area contributed by atoms with E-state index in [1.165, 1.54) is 0 Å². The molecule has 2 aromatic carbocycles. The molecule has 0 radical (unpaired) electrons. The van der Waals surface area contributed by atoms with Crippen LogP contribution in [0.3, 0.4) is 0 Å². The third kappa shape index (κ3) is 2.96. The van der Waals surface area contributed by atoms with Crippen LogP contribution in [0.25, 0.3) is 0 Å². The zero-order chi connectivity index (χ0) is 14.0. The topological polar surface area (TPSA) is 26.3 Å². The predicted molar refractivity (Wildman–Crippen MR) is 77.6 cm³/mol. The molecule has 2 nitrogen and oxygen atoms in total. The number of rotatable bonds is 3. The number of carbonyl (C=O) groups is 1. The molecule has 0 aromatic heterocycles. The van der Waals surface area contributed by atoms with Crippen LogP contribution >= 0.6 is 11.6 Å². The third-order valence-corrected chi connectivity index (χ3v) is 3.20. The van der Waals surface area contributed by atoms with Crippen LogP contribution in [0.15, 0.2) is 30.3 Å². The molecule has 0 aliphatic heterocycles. The van der Waals surface area contributed by atoms with Crippen molar-refractivity contribution in [2.75, 3.05) is 0 Å². The second kappa shape index (κ2) is 5.45. The number of carbonyl (C=O) groups excluding carboxylic acids is 1. The van der Waals surface area contributed by atoms with Gasteiger partial charge in [0, 0.05) is 10.6 Å². The fraction of sp³-hybridized carbons (Fsp3) is 0.188. The van der Waals surface area contributed by atoms with Gasteiger partial charge in [0.15, 0.2) is 0 Å². The summed E-state index contributed by atoms with van der Waals surface area (Å²) in [7, 11) is 0. The number of halogens is 1. The van der Waals surface area contributed by atoms with Crippen molar-refractivity contribution in [1.82, 2.24) is 0 Å². The Hall–Kier alpha value is -1.80. The summed E-state index contributed by atoms with van der Waals surface area (Å²) >= 11 is 6.00. The Morgan fingerprint density at radius 3 is 2.21 bits per heavy atom. The van der Waals surface area contributed by atoms with Gasteiger partial charge in [-0.3, -0.25) is 4.79 Å². The highest BCUT2D eigenvalue weighted by Crippen LogP contribution is 2.33. The van der Waals surface area contributed by atoms with Crippen LogP contribution in [0.4, 0.5) is 0 Å². The molecule has 0 atom stereocenters. The predicted octanol–water partition coefficient (Wildman–Crippen LogP) is 4.87. The van der Waals surface area contributed by atoms with Gasteiger partial charge >= 0.3 is 0 Å². The summed E-state index contributed by atoms with van der Waals surface area (Å²) < 4.78 is 5.95. The van der Waals surface area contributed by atoms with Crippen LogP contribution in [-0.4, -0.2) is 6.29 Å². The minimum absolute atomic E-state index is 0.602. The van der Waals surface area contributed by atoms with Crippen molar-refractivity contribution in [3.63, 3.8) is 0 Å². The molecule has 0 heterocycles. The van der Waals surface area contributed by atoms with Crippen molar-refractivity contribution < 1.29 is 9.53 Å². The minimum Gasteiger partial charge on any atom is -0.457 e. The zero-order valence-electron chi connectivity index (χ0n) is 11.2. The molecule has 2 rings (SSSR count). The van der Waals surface area contributed by atoms with Crippen molar-refractivity contribution in [3.8, 4) is 11.5 Å². The summed E-state index contributed by atoms with van der Waals surface area (Å²) in [6.07, 6.45) is 0.813. The van der Waals surface area contributed by atoms with Crippen LogP contribution < -0.4 is 4.74 Å². The second-order valence-corrected chi connectivity index (χ2v) is 5.05. The van der Waals surface area contributed by atoms with Gasteiger partial charge < -0.3 is 4.74 Å². The van der Waals surface area contributed by atoms with Crippen LogP contribution in [0.5, 0.6) is 11.5 Å². The van der Waals surface area contributed by atoms with E-state index in [2.05, 4.69) is 0 Å². The molecule has 0 unspecified atom stereocenters. The molecule has 2 aromatic rings. The second-order valence-electron chi connectivity index (χ2n) is 4.61. The van der Waals surface area contributed by atoms with Crippen molar-refractivity contribution in [2.45, 2.75) is 20.8 Å². The number of ether oxygens (including phenoxy) is 1. The molecule has 0 fully saturated rings. The molecule has 0 bridgehead atoms. The zero-order valence-corrected chi connectivity index (χ0v) is 11.9. The van der Waals surface area contributed by atoms with E-state index in [4.69, 9.17) is 16.3 Å². The maximum Gasteiger partial charge on any atom is 0.150 e. The largest absolute Gasteiger partial charge is 0.457 e. The van der Waals surface area contributed by atoms with E-state index < -0.39 is 0 Å². The summed E-state index contributed by atoms with van der Waals surface area (Å²) in [6.45, 7) is 5.85. The first-order valence-electron chi connectivity index (χ1n) is 6.01. The van der Waals surface area contributed by atoms with Crippen LogP contribution in [0.1, 0.15) is 27.0 Å². The number of aryl methyl sites for hydroxylation is 3. The third-order valence-electron chi connectivity index (χ3n) is 2.99. The van der Waals surface area contributed by atoms with Crippen molar-refractivity contribution in [1.29, 1.82) is 0 Å². The van der Waals surface area contributed by atoms with Gasteiger partial charge in [0.1, 0.15) is 17.8 Å². The van der Waals surface area contributed by atoms with E-state index in [0.29, 0.717) is 16.3 Å². The lowest BCUT2D eigenvalue weighted by Gasteiger charge is -2.14. The summed E-state index contributed by atoms with van der Waals surface area (Å²) in [5.41, 5.74) is 3.53. The van der Waals surface area contributed by atoms with Gasteiger partial charge in [-0.15, -0.1) is 0 Å². The van der Waals surface area contributed by atoms with E-state index in [-0.39, 0.29) is 0 Å². The number of benzene rings is 2.